The number of aryl methyl sites for hydroxylation is 1. The van der Waals surface area contributed by atoms with Gasteiger partial charge in [0.15, 0.2) is 0 Å². The normalized spacial score (nSPS) is 16.8. The fourth-order valence-electron chi connectivity index (χ4n) is 2.98. The molecule has 0 radical (unpaired) electrons. The lowest BCUT2D eigenvalue weighted by Gasteiger charge is -2.24. The molecule has 2 aromatic carbocycles. The molecular weight excluding hydrogens is 326 g/mol. The molecule has 1 aliphatic rings. The molecule has 0 bridgehead atoms. The van der Waals surface area contributed by atoms with Gasteiger partial charge in [-0.1, -0.05) is 6.07 Å². The van der Waals surface area contributed by atoms with Gasteiger partial charge >= 0.3 is 0 Å². The minimum absolute atomic E-state index is 0.0941. The van der Waals surface area contributed by atoms with Gasteiger partial charge in [0.2, 0.25) is 5.91 Å². The summed E-state index contributed by atoms with van der Waals surface area (Å²) in [6.07, 6.45) is 1.19. The molecule has 0 saturated carbocycles. The largest absolute Gasteiger partial charge is 0.327 e. The van der Waals surface area contributed by atoms with Gasteiger partial charge in [-0.05, 0) is 61.7 Å². The Kier molecular flexibility index (Phi) is 4.79. The Balaban J connectivity index is 1.75. The van der Waals surface area contributed by atoms with Crippen molar-refractivity contribution in [3.8, 4) is 0 Å². The van der Waals surface area contributed by atoms with Crippen LogP contribution in [0.25, 0.3) is 0 Å². The highest BCUT2D eigenvalue weighted by molar-refractivity contribution is 6.01. The molecule has 0 aromatic heterocycles. The fourth-order valence-corrected chi connectivity index (χ4v) is 2.98. The van der Waals surface area contributed by atoms with Gasteiger partial charge in [0.25, 0.3) is 5.91 Å². The van der Waals surface area contributed by atoms with Crippen LogP contribution in [0, 0.1) is 18.6 Å². The number of carbonyl (C=O) groups is 2. The summed E-state index contributed by atoms with van der Waals surface area (Å²) < 4.78 is 26.9. The zero-order valence-corrected chi connectivity index (χ0v) is 13.8. The van der Waals surface area contributed by atoms with Gasteiger partial charge in [0.1, 0.15) is 17.7 Å². The number of hydrogen-bond donors (Lipinski definition) is 1. The summed E-state index contributed by atoms with van der Waals surface area (Å²) in [7, 11) is 0. The average Bonchev–Trinajstić information content (AvgIpc) is 3.07. The summed E-state index contributed by atoms with van der Waals surface area (Å²) in [4.78, 5) is 26.6. The van der Waals surface area contributed by atoms with Crippen molar-refractivity contribution in [3.63, 3.8) is 0 Å². The number of likely N-dealkylation sites (tertiary alicyclic amines) is 1. The molecule has 130 valence electrons. The second-order valence-electron chi connectivity index (χ2n) is 6.14. The highest BCUT2D eigenvalue weighted by Crippen LogP contribution is 2.23. The fraction of sp³-hybridized carbons (Fsp3) is 0.263. The molecule has 1 fully saturated rings. The molecule has 2 amide bonds. The third-order valence-corrected chi connectivity index (χ3v) is 4.29. The monoisotopic (exact) mass is 344 g/mol. The lowest BCUT2D eigenvalue weighted by atomic mass is 10.1. The smallest absolute Gasteiger partial charge is 0.254 e. The molecular formula is C19H18F2N2O2. The number of carbonyl (C=O) groups excluding carboxylic acids is 2. The quantitative estimate of drug-likeness (QED) is 0.926. The van der Waals surface area contributed by atoms with Crippen molar-refractivity contribution in [2.24, 2.45) is 0 Å². The van der Waals surface area contributed by atoms with Crippen molar-refractivity contribution in [2.75, 3.05) is 11.9 Å². The van der Waals surface area contributed by atoms with Gasteiger partial charge in [-0.3, -0.25) is 9.59 Å². The van der Waals surface area contributed by atoms with Gasteiger partial charge in [0, 0.05) is 12.1 Å². The van der Waals surface area contributed by atoms with E-state index in [0.29, 0.717) is 24.9 Å². The van der Waals surface area contributed by atoms with Crippen LogP contribution < -0.4 is 5.32 Å². The molecule has 0 spiro atoms. The van der Waals surface area contributed by atoms with E-state index in [9.17, 15) is 18.4 Å². The Morgan fingerprint density at radius 3 is 2.52 bits per heavy atom. The molecule has 1 saturated heterocycles. The van der Waals surface area contributed by atoms with E-state index in [-0.39, 0.29) is 11.6 Å². The van der Waals surface area contributed by atoms with E-state index in [4.69, 9.17) is 0 Å². The molecule has 1 N–H and O–H groups in total. The minimum atomic E-state index is -0.668. The topological polar surface area (TPSA) is 49.4 Å². The highest BCUT2D eigenvalue weighted by Gasteiger charge is 2.34. The summed E-state index contributed by atoms with van der Waals surface area (Å²) >= 11 is 0. The summed E-state index contributed by atoms with van der Waals surface area (Å²) in [5, 5.41) is 2.56. The molecule has 1 heterocycles. The Hall–Kier alpha value is -2.76. The van der Waals surface area contributed by atoms with Crippen LogP contribution in [0.5, 0.6) is 0 Å². The summed E-state index contributed by atoms with van der Waals surface area (Å²) in [5.41, 5.74) is 1.17. The van der Waals surface area contributed by atoms with E-state index in [1.807, 2.05) is 0 Å². The molecule has 6 heteroatoms. The van der Waals surface area contributed by atoms with Gasteiger partial charge in [0.05, 0.1) is 5.69 Å². The van der Waals surface area contributed by atoms with Crippen LogP contribution in [0.2, 0.25) is 0 Å². The molecule has 3 rings (SSSR count). The maximum Gasteiger partial charge on any atom is 0.254 e. The lowest BCUT2D eigenvalue weighted by Crippen LogP contribution is -2.43. The number of rotatable bonds is 3. The second kappa shape index (κ2) is 7.01. The van der Waals surface area contributed by atoms with E-state index < -0.39 is 23.6 Å². The first-order chi connectivity index (χ1) is 12.0. The second-order valence-corrected chi connectivity index (χ2v) is 6.14. The van der Waals surface area contributed by atoms with Crippen LogP contribution in [0.1, 0.15) is 28.8 Å². The van der Waals surface area contributed by atoms with Crippen LogP contribution in [0.15, 0.2) is 42.5 Å². The van der Waals surface area contributed by atoms with E-state index in [2.05, 4.69) is 5.32 Å². The average molecular weight is 344 g/mol. The highest BCUT2D eigenvalue weighted by atomic mass is 19.1. The molecule has 0 aliphatic carbocycles. The van der Waals surface area contributed by atoms with Gasteiger partial charge < -0.3 is 10.2 Å². The number of nitrogens with zero attached hydrogens (tertiary/aromatic N) is 1. The third kappa shape index (κ3) is 3.68. The van der Waals surface area contributed by atoms with E-state index in [1.165, 1.54) is 41.3 Å². The Morgan fingerprint density at radius 2 is 1.84 bits per heavy atom. The van der Waals surface area contributed by atoms with Crippen molar-refractivity contribution < 1.29 is 18.4 Å². The predicted octanol–water partition coefficient (Wildman–Crippen LogP) is 3.52. The van der Waals surface area contributed by atoms with Crippen LogP contribution in [0.4, 0.5) is 14.5 Å². The zero-order chi connectivity index (χ0) is 18.0. The Bertz CT molecular complexity index is 806. The summed E-state index contributed by atoms with van der Waals surface area (Å²) in [5.74, 6) is -1.69. The number of nitrogens with one attached hydrogen (secondary N) is 1. The van der Waals surface area contributed by atoms with Crippen molar-refractivity contribution >= 4 is 17.5 Å². The molecule has 1 aliphatic heterocycles. The first-order valence-electron chi connectivity index (χ1n) is 8.09. The third-order valence-electron chi connectivity index (χ3n) is 4.29. The van der Waals surface area contributed by atoms with Crippen LogP contribution >= 0.6 is 0 Å². The number of anilines is 1. The molecule has 4 nitrogen and oxygen atoms in total. The van der Waals surface area contributed by atoms with Crippen molar-refractivity contribution in [1.29, 1.82) is 0 Å². The number of benzene rings is 2. The van der Waals surface area contributed by atoms with Crippen molar-refractivity contribution in [1.82, 2.24) is 4.90 Å². The Labute approximate surface area is 144 Å². The van der Waals surface area contributed by atoms with Crippen LogP contribution in [-0.4, -0.2) is 29.3 Å². The Morgan fingerprint density at radius 1 is 1.12 bits per heavy atom. The maximum absolute atomic E-state index is 13.9. The summed E-state index contributed by atoms with van der Waals surface area (Å²) in [6, 6.07) is 9.08. The standard InChI is InChI=1S/C19H18F2N2O2/c1-12-4-9-16(15(21)11-12)22-18(24)17-3-2-10-23(17)19(25)13-5-7-14(20)8-6-13/h4-9,11,17H,2-3,10H2,1H3,(H,22,24). The molecule has 2 aromatic rings. The first kappa shape index (κ1) is 17.1. The van der Waals surface area contributed by atoms with E-state index >= 15 is 0 Å². The lowest BCUT2D eigenvalue weighted by molar-refractivity contribution is -0.119. The summed E-state index contributed by atoms with van der Waals surface area (Å²) in [6.45, 7) is 2.19. The molecule has 1 atom stereocenters. The predicted molar refractivity (Wildman–Crippen MR) is 90.2 cm³/mol. The number of hydrogen-bond acceptors (Lipinski definition) is 2. The number of amides is 2. The zero-order valence-electron chi connectivity index (χ0n) is 13.8. The van der Waals surface area contributed by atoms with Gasteiger partial charge in [-0.15, -0.1) is 0 Å². The maximum atomic E-state index is 13.9. The van der Waals surface area contributed by atoms with Crippen LogP contribution in [0.3, 0.4) is 0 Å². The van der Waals surface area contributed by atoms with E-state index in [1.54, 1.807) is 13.0 Å². The first-order valence-corrected chi connectivity index (χ1v) is 8.09. The van der Waals surface area contributed by atoms with Gasteiger partial charge in [-0.2, -0.15) is 0 Å². The van der Waals surface area contributed by atoms with Gasteiger partial charge in [-0.25, -0.2) is 8.78 Å². The van der Waals surface area contributed by atoms with Crippen LogP contribution in [-0.2, 0) is 4.79 Å². The van der Waals surface area contributed by atoms with E-state index in [0.717, 1.165) is 5.56 Å². The van der Waals surface area contributed by atoms with Crippen molar-refractivity contribution in [2.45, 2.75) is 25.8 Å². The SMILES string of the molecule is Cc1ccc(NC(=O)C2CCCN2C(=O)c2ccc(F)cc2)c(F)c1. The molecule has 1 unspecified atom stereocenters. The molecule has 25 heavy (non-hydrogen) atoms. The number of halogens is 2. The van der Waals surface area contributed by atoms with Crippen molar-refractivity contribution in [3.05, 3.63) is 65.2 Å². The minimum Gasteiger partial charge on any atom is -0.327 e.